The fraction of sp³-hybridized carbons (Fsp3) is 0.208. The number of H-pyrrole nitrogens is 1. The van der Waals surface area contributed by atoms with Gasteiger partial charge in [-0.05, 0) is 68.0 Å². The Morgan fingerprint density at radius 1 is 1.03 bits per heavy atom. The van der Waals surface area contributed by atoms with Gasteiger partial charge in [-0.2, -0.15) is 5.10 Å². The summed E-state index contributed by atoms with van der Waals surface area (Å²) in [5, 5.41) is 18.8. The maximum absolute atomic E-state index is 12.8. The number of aromatic nitrogens is 2. The first-order valence-electron chi connectivity index (χ1n) is 10.6. The van der Waals surface area contributed by atoms with Crippen LogP contribution in [0.4, 0.5) is 11.5 Å². The Morgan fingerprint density at radius 2 is 1.82 bits per heavy atom. The number of aromatic amines is 1. The largest absolute Gasteiger partial charge is 0.384 e. The summed E-state index contributed by atoms with van der Waals surface area (Å²) in [6, 6.07) is 16.5. The summed E-state index contributed by atoms with van der Waals surface area (Å²) >= 11 is 1.59. The molecule has 0 atom stereocenters. The number of likely N-dealkylation sites (N-methyl/N-ethyl adjacent to an activating group) is 1. The lowest BCUT2D eigenvalue weighted by atomic mass is 10.1. The Morgan fingerprint density at radius 3 is 2.55 bits per heavy atom. The maximum Gasteiger partial charge on any atom is 0.256 e. The summed E-state index contributed by atoms with van der Waals surface area (Å²) in [7, 11) is 4.04. The second-order valence-corrected chi connectivity index (χ2v) is 8.89. The topological polar surface area (TPSA) is 102 Å². The molecule has 4 aromatic rings. The van der Waals surface area contributed by atoms with E-state index in [4.69, 9.17) is 0 Å². The molecule has 4 rings (SSSR count). The van der Waals surface area contributed by atoms with Crippen molar-refractivity contribution in [3.8, 4) is 0 Å². The molecule has 0 aliphatic carbocycles. The molecule has 0 aliphatic rings. The molecule has 0 fully saturated rings. The molecule has 0 bridgehead atoms. The molecule has 0 radical (unpaired) electrons. The van der Waals surface area contributed by atoms with Crippen LogP contribution in [0.25, 0.3) is 10.9 Å². The van der Waals surface area contributed by atoms with E-state index in [0.717, 1.165) is 29.2 Å². The predicted molar refractivity (Wildman–Crippen MR) is 133 cm³/mol. The van der Waals surface area contributed by atoms with Crippen LogP contribution in [0.15, 0.2) is 60.0 Å². The van der Waals surface area contributed by atoms with Crippen molar-refractivity contribution in [2.75, 3.05) is 37.8 Å². The molecule has 33 heavy (non-hydrogen) atoms. The van der Waals surface area contributed by atoms with Crippen LogP contribution in [0, 0.1) is 0 Å². The summed E-state index contributed by atoms with van der Waals surface area (Å²) in [6.45, 7) is 2.22. The normalized spacial score (nSPS) is 11.0. The van der Waals surface area contributed by atoms with Crippen molar-refractivity contribution >= 4 is 45.6 Å². The fourth-order valence-corrected chi connectivity index (χ4v) is 3.92. The van der Waals surface area contributed by atoms with Crippen LogP contribution in [0.2, 0.25) is 0 Å². The van der Waals surface area contributed by atoms with E-state index in [-0.39, 0.29) is 11.8 Å². The Kier molecular flexibility index (Phi) is 7.01. The van der Waals surface area contributed by atoms with E-state index in [1.54, 1.807) is 41.7 Å². The minimum atomic E-state index is -0.268. The summed E-state index contributed by atoms with van der Waals surface area (Å²) < 4.78 is 0. The second kappa shape index (κ2) is 10.3. The van der Waals surface area contributed by atoms with Crippen LogP contribution in [0.1, 0.15) is 25.6 Å². The van der Waals surface area contributed by atoms with E-state index in [2.05, 4.69) is 31.0 Å². The van der Waals surface area contributed by atoms with Gasteiger partial charge < -0.3 is 20.9 Å². The molecule has 2 aromatic carbocycles. The molecule has 0 saturated carbocycles. The molecule has 0 unspecified atom stereocenters. The van der Waals surface area contributed by atoms with Crippen molar-refractivity contribution in [2.24, 2.45) is 0 Å². The maximum atomic E-state index is 12.8. The minimum Gasteiger partial charge on any atom is -0.384 e. The molecule has 0 saturated heterocycles. The lowest BCUT2D eigenvalue weighted by Crippen LogP contribution is -2.22. The highest BCUT2D eigenvalue weighted by Gasteiger charge is 2.14. The molecule has 2 heterocycles. The van der Waals surface area contributed by atoms with Crippen molar-refractivity contribution in [1.82, 2.24) is 20.4 Å². The third kappa shape index (κ3) is 5.76. The number of nitrogens with zero attached hydrogens (tertiary/aromatic N) is 2. The van der Waals surface area contributed by atoms with E-state index in [1.807, 2.05) is 43.7 Å². The third-order valence-corrected chi connectivity index (χ3v) is 5.97. The van der Waals surface area contributed by atoms with Gasteiger partial charge in [-0.3, -0.25) is 14.7 Å². The van der Waals surface area contributed by atoms with Crippen molar-refractivity contribution in [2.45, 2.75) is 6.54 Å². The van der Waals surface area contributed by atoms with Gasteiger partial charge in [-0.15, -0.1) is 11.3 Å². The Bertz CT molecular complexity index is 1230. The first-order chi connectivity index (χ1) is 16.0. The number of carbonyl (C=O) groups is 2. The lowest BCUT2D eigenvalue weighted by molar-refractivity contribution is 0.0950. The van der Waals surface area contributed by atoms with Crippen molar-refractivity contribution in [3.63, 3.8) is 0 Å². The number of hydrogen-bond acceptors (Lipinski definition) is 6. The average Bonchev–Trinajstić information content (AvgIpc) is 3.47. The smallest absolute Gasteiger partial charge is 0.256 e. The first-order valence-corrected chi connectivity index (χ1v) is 11.5. The van der Waals surface area contributed by atoms with Gasteiger partial charge in [-0.25, -0.2) is 0 Å². The molecule has 0 aliphatic heterocycles. The average molecular weight is 463 g/mol. The van der Waals surface area contributed by atoms with Crippen LogP contribution in [0.5, 0.6) is 0 Å². The van der Waals surface area contributed by atoms with Crippen LogP contribution in [0.3, 0.4) is 0 Å². The minimum absolute atomic E-state index is 0.180. The van der Waals surface area contributed by atoms with Gasteiger partial charge in [0.2, 0.25) is 0 Å². The van der Waals surface area contributed by atoms with Crippen LogP contribution in [-0.2, 0) is 6.54 Å². The number of amides is 2. The van der Waals surface area contributed by atoms with Gasteiger partial charge in [0.1, 0.15) is 0 Å². The zero-order chi connectivity index (χ0) is 23.2. The number of rotatable bonds is 9. The summed E-state index contributed by atoms with van der Waals surface area (Å²) in [5.41, 5.74) is 2.72. The molecular formula is C24H26N6O2S. The number of carbonyl (C=O) groups excluding carboxylic acids is 2. The summed E-state index contributed by atoms with van der Waals surface area (Å²) in [6.07, 6.45) is 0. The fourth-order valence-electron chi connectivity index (χ4n) is 3.28. The molecule has 170 valence electrons. The van der Waals surface area contributed by atoms with Gasteiger partial charge >= 0.3 is 0 Å². The zero-order valence-corrected chi connectivity index (χ0v) is 19.3. The number of anilines is 2. The Hall–Kier alpha value is -3.69. The lowest BCUT2D eigenvalue weighted by Gasteiger charge is -2.11. The Labute approximate surface area is 196 Å². The SMILES string of the molecule is CN(C)CCNc1ccc(C(=O)Nc2n[nH]c3ccc(C(=O)NCc4cccs4)cc23)cc1. The number of hydrogen-bond donors (Lipinski definition) is 4. The predicted octanol–water partition coefficient (Wildman–Crippen LogP) is 3.78. The van der Waals surface area contributed by atoms with Gasteiger partial charge in [0.25, 0.3) is 11.8 Å². The number of thiophene rings is 1. The highest BCUT2D eigenvalue weighted by molar-refractivity contribution is 7.09. The van der Waals surface area contributed by atoms with Gasteiger partial charge in [-0.1, -0.05) is 6.07 Å². The van der Waals surface area contributed by atoms with E-state index in [9.17, 15) is 9.59 Å². The molecule has 2 amide bonds. The molecule has 8 nitrogen and oxygen atoms in total. The molecular weight excluding hydrogens is 436 g/mol. The monoisotopic (exact) mass is 462 g/mol. The van der Waals surface area contributed by atoms with Gasteiger partial charge in [0, 0.05) is 40.2 Å². The highest BCUT2D eigenvalue weighted by Crippen LogP contribution is 2.23. The molecule has 0 spiro atoms. The van der Waals surface area contributed by atoms with Gasteiger partial charge in [0.15, 0.2) is 5.82 Å². The van der Waals surface area contributed by atoms with Crippen LogP contribution >= 0.6 is 11.3 Å². The van der Waals surface area contributed by atoms with Gasteiger partial charge in [0.05, 0.1) is 12.1 Å². The Balaban J connectivity index is 1.42. The van der Waals surface area contributed by atoms with Crippen molar-refractivity contribution in [1.29, 1.82) is 0 Å². The van der Waals surface area contributed by atoms with Crippen LogP contribution in [-0.4, -0.2) is 54.1 Å². The summed E-state index contributed by atoms with van der Waals surface area (Å²) in [5.74, 6) is -0.0620. The second-order valence-electron chi connectivity index (χ2n) is 7.86. The number of fused-ring (bicyclic) bond motifs is 1. The zero-order valence-electron chi connectivity index (χ0n) is 18.5. The van der Waals surface area contributed by atoms with Crippen molar-refractivity contribution in [3.05, 3.63) is 76.0 Å². The van der Waals surface area contributed by atoms with E-state index < -0.39 is 0 Å². The number of benzene rings is 2. The third-order valence-electron chi connectivity index (χ3n) is 5.10. The van der Waals surface area contributed by atoms with E-state index in [0.29, 0.717) is 28.9 Å². The molecule has 9 heteroatoms. The highest BCUT2D eigenvalue weighted by atomic mass is 32.1. The molecule has 2 aromatic heterocycles. The quantitative estimate of drug-likeness (QED) is 0.303. The summed E-state index contributed by atoms with van der Waals surface area (Å²) in [4.78, 5) is 28.5. The van der Waals surface area contributed by atoms with E-state index in [1.165, 1.54) is 0 Å². The number of nitrogens with one attached hydrogen (secondary N) is 4. The van der Waals surface area contributed by atoms with E-state index >= 15 is 0 Å². The van der Waals surface area contributed by atoms with Crippen molar-refractivity contribution < 1.29 is 9.59 Å². The van der Waals surface area contributed by atoms with Crippen LogP contribution < -0.4 is 16.0 Å². The first kappa shape index (κ1) is 22.5. The standard InChI is InChI=1S/C24H26N6O2S/c1-30(2)12-11-25-18-8-5-16(6-9-18)24(32)27-22-20-14-17(7-10-21(20)28-29-22)23(31)26-15-19-4-3-13-33-19/h3-10,13-14,25H,11-12,15H2,1-2H3,(H,26,31)(H2,27,28,29,32). The molecule has 4 N–H and O–H groups in total.